The van der Waals surface area contributed by atoms with Gasteiger partial charge in [-0.05, 0) is 13.3 Å². The van der Waals surface area contributed by atoms with E-state index in [-0.39, 0.29) is 17.0 Å². The smallest absolute Gasteiger partial charge is 0.109 e. The summed E-state index contributed by atoms with van der Waals surface area (Å²) in [5, 5.41) is 0. The summed E-state index contributed by atoms with van der Waals surface area (Å²) >= 11 is 0. The standard InChI is InChI=1S/C13H14N2.BrH/c1-10-4-6-11(7-5-10)12-9-15-8-2-3-13(15)14-12;/h4-7,9H,2-3,8H2,1H3;1H/p-1. The van der Waals surface area contributed by atoms with Gasteiger partial charge >= 0.3 is 0 Å². The molecule has 0 N–H and O–H groups in total. The average Bonchev–Trinajstić information content (AvgIpc) is 2.78. The van der Waals surface area contributed by atoms with Crippen molar-refractivity contribution in [2.24, 2.45) is 0 Å². The monoisotopic (exact) mass is 277 g/mol. The Morgan fingerprint density at radius 3 is 2.62 bits per heavy atom. The van der Waals surface area contributed by atoms with E-state index >= 15 is 0 Å². The fraction of sp³-hybridized carbons (Fsp3) is 0.308. The molecule has 3 rings (SSSR count). The number of nitrogens with zero attached hydrogens (tertiary/aromatic N) is 2. The first-order chi connectivity index (χ1) is 7.33. The maximum absolute atomic E-state index is 4.65. The van der Waals surface area contributed by atoms with Gasteiger partial charge in [-0.15, -0.1) is 0 Å². The lowest BCUT2D eigenvalue weighted by Crippen LogP contribution is -3.00. The van der Waals surface area contributed by atoms with Gasteiger partial charge in [0, 0.05) is 24.7 Å². The van der Waals surface area contributed by atoms with Crippen molar-refractivity contribution < 1.29 is 17.0 Å². The highest BCUT2D eigenvalue weighted by Crippen LogP contribution is 2.22. The van der Waals surface area contributed by atoms with E-state index in [0.29, 0.717) is 0 Å². The van der Waals surface area contributed by atoms with Crippen LogP contribution in [-0.4, -0.2) is 9.55 Å². The Kier molecular flexibility index (Phi) is 3.15. The van der Waals surface area contributed by atoms with E-state index in [2.05, 4.69) is 46.9 Å². The molecule has 0 aliphatic carbocycles. The third kappa shape index (κ3) is 1.92. The van der Waals surface area contributed by atoms with Crippen LogP contribution in [0.4, 0.5) is 0 Å². The van der Waals surface area contributed by atoms with E-state index in [1.807, 2.05) is 0 Å². The van der Waals surface area contributed by atoms with Gasteiger partial charge in [0.05, 0.1) is 5.69 Å². The van der Waals surface area contributed by atoms with Crippen molar-refractivity contribution in [2.75, 3.05) is 0 Å². The molecular weight excluding hydrogens is 264 g/mol. The number of aryl methyl sites for hydroxylation is 3. The quantitative estimate of drug-likeness (QED) is 0.707. The van der Waals surface area contributed by atoms with E-state index < -0.39 is 0 Å². The van der Waals surface area contributed by atoms with Crippen LogP contribution in [0.2, 0.25) is 0 Å². The average molecular weight is 278 g/mol. The van der Waals surface area contributed by atoms with Crippen molar-refractivity contribution in [3.8, 4) is 11.3 Å². The zero-order valence-corrected chi connectivity index (χ0v) is 10.9. The van der Waals surface area contributed by atoms with Crippen molar-refractivity contribution in [1.82, 2.24) is 9.55 Å². The Morgan fingerprint density at radius 2 is 1.94 bits per heavy atom. The van der Waals surface area contributed by atoms with Gasteiger partial charge in [-0.2, -0.15) is 0 Å². The summed E-state index contributed by atoms with van der Waals surface area (Å²) in [6.45, 7) is 3.24. The second-order valence-electron chi connectivity index (χ2n) is 4.21. The molecule has 2 nitrogen and oxygen atoms in total. The summed E-state index contributed by atoms with van der Waals surface area (Å²) in [5.41, 5.74) is 3.64. The van der Waals surface area contributed by atoms with Crippen LogP contribution < -0.4 is 17.0 Å². The molecule has 0 atom stereocenters. The Balaban J connectivity index is 0.000000963. The Labute approximate surface area is 106 Å². The van der Waals surface area contributed by atoms with Gasteiger partial charge in [0.25, 0.3) is 0 Å². The first kappa shape index (κ1) is 11.4. The molecule has 1 aromatic heterocycles. The zero-order chi connectivity index (χ0) is 10.3. The molecule has 0 fully saturated rings. The normalized spacial score (nSPS) is 13.3. The van der Waals surface area contributed by atoms with Crippen LogP contribution in [0.3, 0.4) is 0 Å². The van der Waals surface area contributed by atoms with Crippen LogP contribution in [0.15, 0.2) is 30.5 Å². The molecule has 1 aliphatic heterocycles. The number of imidazole rings is 1. The highest BCUT2D eigenvalue weighted by atomic mass is 79.9. The highest BCUT2D eigenvalue weighted by Gasteiger charge is 2.13. The maximum atomic E-state index is 4.65. The minimum absolute atomic E-state index is 0. The molecule has 0 saturated heterocycles. The molecule has 0 bridgehead atoms. The van der Waals surface area contributed by atoms with Crippen LogP contribution in [0, 0.1) is 6.92 Å². The number of rotatable bonds is 1. The van der Waals surface area contributed by atoms with Crippen molar-refractivity contribution in [3.63, 3.8) is 0 Å². The van der Waals surface area contributed by atoms with Crippen molar-refractivity contribution in [3.05, 3.63) is 41.9 Å². The second kappa shape index (κ2) is 4.42. The van der Waals surface area contributed by atoms with Gasteiger partial charge in [0.15, 0.2) is 0 Å². The number of aromatic nitrogens is 2. The molecule has 0 saturated carbocycles. The number of halogens is 1. The summed E-state index contributed by atoms with van der Waals surface area (Å²) in [6, 6.07) is 8.57. The van der Waals surface area contributed by atoms with E-state index in [1.54, 1.807) is 0 Å². The van der Waals surface area contributed by atoms with Crippen LogP contribution in [0.5, 0.6) is 0 Å². The zero-order valence-electron chi connectivity index (χ0n) is 9.28. The van der Waals surface area contributed by atoms with E-state index in [9.17, 15) is 0 Å². The Hall–Kier alpha value is -1.09. The van der Waals surface area contributed by atoms with E-state index in [4.69, 9.17) is 0 Å². The molecule has 0 amide bonds. The SMILES string of the molecule is Cc1ccc(-c2cn3c(n2)CCC3)cc1.[Br-]. The fourth-order valence-corrected chi connectivity index (χ4v) is 2.12. The van der Waals surface area contributed by atoms with Crippen molar-refractivity contribution in [1.29, 1.82) is 0 Å². The van der Waals surface area contributed by atoms with Crippen LogP contribution in [0.25, 0.3) is 11.3 Å². The minimum atomic E-state index is 0. The van der Waals surface area contributed by atoms with Crippen LogP contribution in [0.1, 0.15) is 17.8 Å². The molecule has 2 heterocycles. The summed E-state index contributed by atoms with van der Waals surface area (Å²) in [5.74, 6) is 1.24. The number of fused-ring (bicyclic) bond motifs is 1. The molecule has 2 aromatic rings. The lowest BCUT2D eigenvalue weighted by molar-refractivity contribution is -0.00000319. The van der Waals surface area contributed by atoms with Gasteiger partial charge in [-0.1, -0.05) is 29.8 Å². The number of benzene rings is 1. The first-order valence-corrected chi connectivity index (χ1v) is 5.46. The van der Waals surface area contributed by atoms with Crippen LogP contribution >= 0.6 is 0 Å². The highest BCUT2D eigenvalue weighted by molar-refractivity contribution is 5.59. The summed E-state index contributed by atoms with van der Waals surface area (Å²) in [6.07, 6.45) is 4.55. The van der Waals surface area contributed by atoms with E-state index in [0.717, 1.165) is 18.7 Å². The van der Waals surface area contributed by atoms with Crippen molar-refractivity contribution in [2.45, 2.75) is 26.3 Å². The first-order valence-electron chi connectivity index (χ1n) is 5.46. The molecule has 16 heavy (non-hydrogen) atoms. The van der Waals surface area contributed by atoms with Gasteiger partial charge in [0.2, 0.25) is 0 Å². The third-order valence-electron chi connectivity index (χ3n) is 3.01. The van der Waals surface area contributed by atoms with Gasteiger partial charge in [-0.3, -0.25) is 0 Å². The lowest BCUT2D eigenvalue weighted by atomic mass is 10.1. The molecule has 0 spiro atoms. The number of hydrogen-bond donors (Lipinski definition) is 0. The largest absolute Gasteiger partial charge is 1.00 e. The van der Waals surface area contributed by atoms with Gasteiger partial charge in [-0.25, -0.2) is 4.98 Å². The molecule has 0 unspecified atom stereocenters. The predicted octanol–water partition coefficient (Wildman–Crippen LogP) is -0.191. The Morgan fingerprint density at radius 1 is 1.19 bits per heavy atom. The molecule has 0 radical (unpaired) electrons. The molecule has 1 aromatic carbocycles. The molecular formula is C13H14BrN2-. The molecule has 3 heteroatoms. The van der Waals surface area contributed by atoms with Crippen molar-refractivity contribution >= 4 is 0 Å². The lowest BCUT2D eigenvalue weighted by Gasteiger charge is -1.97. The van der Waals surface area contributed by atoms with Gasteiger partial charge < -0.3 is 21.5 Å². The van der Waals surface area contributed by atoms with Crippen LogP contribution in [-0.2, 0) is 13.0 Å². The van der Waals surface area contributed by atoms with E-state index in [1.165, 1.54) is 23.4 Å². The number of hydrogen-bond acceptors (Lipinski definition) is 1. The van der Waals surface area contributed by atoms with Gasteiger partial charge in [0.1, 0.15) is 5.82 Å². The molecule has 1 aliphatic rings. The topological polar surface area (TPSA) is 17.8 Å². The summed E-state index contributed by atoms with van der Waals surface area (Å²) in [7, 11) is 0. The second-order valence-corrected chi connectivity index (χ2v) is 4.21. The summed E-state index contributed by atoms with van der Waals surface area (Å²) in [4.78, 5) is 4.65. The molecule has 84 valence electrons. The third-order valence-corrected chi connectivity index (χ3v) is 3.01. The predicted molar refractivity (Wildman–Crippen MR) is 60.7 cm³/mol. The Bertz CT molecular complexity index is 464. The maximum Gasteiger partial charge on any atom is 0.109 e. The summed E-state index contributed by atoms with van der Waals surface area (Å²) < 4.78 is 2.27. The minimum Gasteiger partial charge on any atom is -1.00 e. The fourth-order valence-electron chi connectivity index (χ4n) is 2.12.